The molecule has 1 aromatic heterocycles. The summed E-state index contributed by atoms with van der Waals surface area (Å²) in [7, 11) is 1.57. The number of rotatable bonds is 2. The molecule has 0 aliphatic heterocycles. The van der Waals surface area contributed by atoms with Crippen LogP contribution in [0.5, 0.6) is 0 Å². The van der Waals surface area contributed by atoms with E-state index in [-0.39, 0.29) is 5.56 Å². The first-order valence-corrected chi connectivity index (χ1v) is 7.22. The van der Waals surface area contributed by atoms with E-state index in [1.807, 2.05) is 22.6 Å². The highest BCUT2D eigenvalue weighted by atomic mass is 127. The molecule has 0 saturated heterocycles. The smallest absolute Gasteiger partial charge is 0.263 e. The first kappa shape index (κ1) is 14.4. The average Bonchev–Trinajstić information content (AvgIpc) is 2.37. The van der Waals surface area contributed by atoms with Crippen molar-refractivity contribution in [3.8, 4) is 0 Å². The van der Waals surface area contributed by atoms with Crippen LogP contribution >= 0.6 is 38.5 Å². The highest BCUT2D eigenvalue weighted by Crippen LogP contribution is 2.21. The van der Waals surface area contributed by atoms with Gasteiger partial charge in [0.1, 0.15) is 16.2 Å². The molecule has 0 radical (unpaired) electrons. The number of halogens is 3. The van der Waals surface area contributed by atoms with Crippen molar-refractivity contribution in [3.63, 3.8) is 0 Å². The molecule has 0 bridgehead atoms. The molecule has 0 atom stereocenters. The minimum absolute atomic E-state index is 0.0624. The van der Waals surface area contributed by atoms with Gasteiger partial charge in [0.05, 0.1) is 5.56 Å². The maximum atomic E-state index is 13.8. The second kappa shape index (κ2) is 5.96. The van der Waals surface area contributed by atoms with Crippen molar-refractivity contribution in [2.75, 3.05) is 11.9 Å². The molecule has 19 heavy (non-hydrogen) atoms. The van der Waals surface area contributed by atoms with Gasteiger partial charge in [-0.2, -0.15) is 0 Å². The summed E-state index contributed by atoms with van der Waals surface area (Å²) in [4.78, 5) is 17.8. The van der Waals surface area contributed by atoms with Crippen molar-refractivity contribution in [1.82, 2.24) is 4.98 Å². The number of anilines is 1. The predicted molar refractivity (Wildman–Crippen MR) is 83.8 cm³/mol. The summed E-state index contributed by atoms with van der Waals surface area (Å²) >= 11 is 5.18. The first-order valence-electron chi connectivity index (χ1n) is 5.35. The molecule has 0 spiro atoms. The lowest BCUT2D eigenvalue weighted by atomic mass is 10.2. The second-order valence-corrected chi connectivity index (χ2v) is 5.75. The van der Waals surface area contributed by atoms with Crippen LogP contribution in [0.2, 0.25) is 0 Å². The standard InChI is InChI=1S/C13H9BrFIN2O/c1-18(11-7-3-6-10(14)17-11)13(19)12-8(15)4-2-5-9(12)16/h2-7H,1H3. The Balaban J connectivity index is 2.39. The summed E-state index contributed by atoms with van der Waals surface area (Å²) in [5, 5.41) is 0. The van der Waals surface area contributed by atoms with Crippen LogP contribution in [-0.2, 0) is 0 Å². The Morgan fingerprint density at radius 2 is 2.00 bits per heavy atom. The summed E-state index contributed by atoms with van der Waals surface area (Å²) in [5.41, 5.74) is 0.0624. The summed E-state index contributed by atoms with van der Waals surface area (Å²) in [6.45, 7) is 0. The van der Waals surface area contributed by atoms with Crippen molar-refractivity contribution in [2.45, 2.75) is 0 Å². The van der Waals surface area contributed by atoms with Gasteiger partial charge < -0.3 is 0 Å². The molecule has 0 aliphatic carbocycles. The number of aromatic nitrogens is 1. The van der Waals surface area contributed by atoms with E-state index >= 15 is 0 Å². The Hall–Kier alpha value is -1.02. The maximum absolute atomic E-state index is 13.8. The quantitative estimate of drug-likeness (QED) is 0.531. The van der Waals surface area contributed by atoms with Crippen LogP contribution in [0.25, 0.3) is 0 Å². The van der Waals surface area contributed by atoms with Crippen LogP contribution in [-0.4, -0.2) is 17.9 Å². The molecule has 0 unspecified atom stereocenters. The van der Waals surface area contributed by atoms with Crippen molar-refractivity contribution >= 4 is 50.2 Å². The van der Waals surface area contributed by atoms with Crippen LogP contribution in [0.1, 0.15) is 10.4 Å². The van der Waals surface area contributed by atoms with Gasteiger partial charge in [-0.15, -0.1) is 0 Å². The number of carbonyl (C=O) groups is 1. The Morgan fingerprint density at radius 3 is 2.63 bits per heavy atom. The number of pyridine rings is 1. The highest BCUT2D eigenvalue weighted by Gasteiger charge is 2.21. The summed E-state index contributed by atoms with van der Waals surface area (Å²) in [6, 6.07) is 9.76. The van der Waals surface area contributed by atoms with Gasteiger partial charge in [0.2, 0.25) is 0 Å². The Kier molecular flexibility index (Phi) is 4.51. The van der Waals surface area contributed by atoms with Gasteiger partial charge in [0.25, 0.3) is 5.91 Å². The van der Waals surface area contributed by atoms with Crippen molar-refractivity contribution in [1.29, 1.82) is 0 Å². The van der Waals surface area contributed by atoms with E-state index in [9.17, 15) is 9.18 Å². The van der Waals surface area contributed by atoms with Crippen molar-refractivity contribution < 1.29 is 9.18 Å². The fourth-order valence-electron chi connectivity index (χ4n) is 1.56. The van der Waals surface area contributed by atoms with E-state index in [1.54, 1.807) is 37.4 Å². The van der Waals surface area contributed by atoms with E-state index in [1.165, 1.54) is 11.0 Å². The minimum Gasteiger partial charge on any atom is -0.296 e. The summed E-state index contributed by atoms with van der Waals surface area (Å²) in [6.07, 6.45) is 0. The molecule has 6 heteroatoms. The Morgan fingerprint density at radius 1 is 1.32 bits per heavy atom. The lowest BCUT2D eigenvalue weighted by Gasteiger charge is -2.17. The Bertz CT molecular complexity index is 616. The van der Waals surface area contributed by atoms with Gasteiger partial charge in [0, 0.05) is 10.6 Å². The van der Waals surface area contributed by atoms with Gasteiger partial charge >= 0.3 is 0 Å². The van der Waals surface area contributed by atoms with Crippen LogP contribution < -0.4 is 4.90 Å². The Labute approximate surface area is 132 Å². The number of nitrogens with zero attached hydrogens (tertiary/aromatic N) is 2. The molecule has 98 valence electrons. The van der Waals surface area contributed by atoms with Gasteiger partial charge in [-0.1, -0.05) is 12.1 Å². The average molecular weight is 435 g/mol. The zero-order valence-corrected chi connectivity index (χ0v) is 13.6. The zero-order valence-electron chi connectivity index (χ0n) is 9.90. The normalized spacial score (nSPS) is 10.3. The summed E-state index contributed by atoms with van der Waals surface area (Å²) < 4.78 is 15.0. The molecular formula is C13H9BrFIN2O. The predicted octanol–water partition coefficient (Wildman–Crippen LogP) is 3.86. The fourth-order valence-corrected chi connectivity index (χ4v) is 2.59. The largest absolute Gasteiger partial charge is 0.296 e. The minimum atomic E-state index is -0.529. The van der Waals surface area contributed by atoms with E-state index in [2.05, 4.69) is 20.9 Å². The lowest BCUT2D eigenvalue weighted by molar-refractivity contribution is 0.0987. The molecule has 1 aromatic carbocycles. The monoisotopic (exact) mass is 434 g/mol. The van der Waals surface area contributed by atoms with Crippen LogP contribution in [0, 0.1) is 9.39 Å². The fraction of sp³-hybridized carbons (Fsp3) is 0.0769. The van der Waals surface area contributed by atoms with Crippen LogP contribution in [0.15, 0.2) is 41.0 Å². The first-order chi connectivity index (χ1) is 9.00. The third kappa shape index (κ3) is 3.11. The van der Waals surface area contributed by atoms with E-state index < -0.39 is 11.7 Å². The number of carbonyl (C=O) groups excluding carboxylic acids is 1. The second-order valence-electron chi connectivity index (χ2n) is 3.78. The van der Waals surface area contributed by atoms with Gasteiger partial charge in [-0.3, -0.25) is 9.69 Å². The molecule has 2 aromatic rings. The van der Waals surface area contributed by atoms with Crippen molar-refractivity contribution in [3.05, 3.63) is 56.0 Å². The molecule has 0 fully saturated rings. The lowest BCUT2D eigenvalue weighted by Crippen LogP contribution is -2.28. The molecule has 2 rings (SSSR count). The molecule has 0 aliphatic rings. The number of hydrogen-bond acceptors (Lipinski definition) is 2. The molecule has 1 amide bonds. The zero-order chi connectivity index (χ0) is 14.0. The highest BCUT2D eigenvalue weighted by molar-refractivity contribution is 14.1. The SMILES string of the molecule is CN(C(=O)c1c(F)cccc1I)c1cccc(Br)n1. The van der Waals surface area contributed by atoms with E-state index in [0.717, 1.165) is 0 Å². The van der Waals surface area contributed by atoms with Gasteiger partial charge in [-0.05, 0) is 62.8 Å². The molecule has 1 heterocycles. The van der Waals surface area contributed by atoms with Gasteiger partial charge in [-0.25, -0.2) is 9.37 Å². The number of benzene rings is 1. The molecule has 0 saturated carbocycles. The molecule has 3 nitrogen and oxygen atoms in total. The number of amides is 1. The van der Waals surface area contributed by atoms with E-state index in [0.29, 0.717) is 14.0 Å². The van der Waals surface area contributed by atoms with Gasteiger partial charge in [0.15, 0.2) is 0 Å². The molecular weight excluding hydrogens is 426 g/mol. The number of hydrogen-bond donors (Lipinski definition) is 0. The van der Waals surface area contributed by atoms with Crippen LogP contribution in [0.3, 0.4) is 0 Å². The van der Waals surface area contributed by atoms with Crippen LogP contribution in [0.4, 0.5) is 10.2 Å². The maximum Gasteiger partial charge on any atom is 0.263 e. The third-order valence-corrected chi connectivity index (χ3v) is 3.87. The molecule has 0 N–H and O–H groups in total. The van der Waals surface area contributed by atoms with Crippen molar-refractivity contribution in [2.24, 2.45) is 0 Å². The van der Waals surface area contributed by atoms with E-state index in [4.69, 9.17) is 0 Å². The third-order valence-electron chi connectivity index (χ3n) is 2.53. The summed E-state index contributed by atoms with van der Waals surface area (Å²) in [5.74, 6) is -0.495. The topological polar surface area (TPSA) is 33.2 Å².